The largest absolute Gasteiger partial charge is 0.508 e. The van der Waals surface area contributed by atoms with Crippen molar-refractivity contribution in [2.45, 2.75) is 19.6 Å². The minimum atomic E-state index is -0.148. The first-order valence-corrected chi connectivity index (χ1v) is 9.54. The summed E-state index contributed by atoms with van der Waals surface area (Å²) in [7, 11) is 0. The number of nitrogens with one attached hydrogen (secondary N) is 3. The molecule has 2 aromatic carbocycles. The van der Waals surface area contributed by atoms with Gasteiger partial charge in [0, 0.05) is 59.8 Å². The van der Waals surface area contributed by atoms with Crippen molar-refractivity contribution in [3.05, 3.63) is 83.2 Å². The standard InChI is InChI=1S/C23H20N4O2/c28-21-6-4-17(22-18(21)13-26-23(22)29)20-9-16-8-14(3-5-19(16)27-20)10-25-12-15-2-1-7-24-11-15/h1-9,11,25,27-28H,10,12-13H2,(H,26,29). The van der Waals surface area contributed by atoms with Crippen molar-refractivity contribution >= 4 is 16.8 Å². The molecule has 4 N–H and O–H groups in total. The van der Waals surface area contributed by atoms with Gasteiger partial charge in [-0.2, -0.15) is 0 Å². The highest BCUT2D eigenvalue weighted by molar-refractivity contribution is 6.05. The van der Waals surface area contributed by atoms with Gasteiger partial charge in [0.15, 0.2) is 0 Å². The highest BCUT2D eigenvalue weighted by atomic mass is 16.3. The number of aromatic nitrogens is 2. The number of aromatic amines is 1. The van der Waals surface area contributed by atoms with Crippen molar-refractivity contribution in [3.8, 4) is 17.0 Å². The quantitative estimate of drug-likeness (QED) is 0.424. The summed E-state index contributed by atoms with van der Waals surface area (Å²) in [5, 5.41) is 17.4. The molecule has 0 bridgehead atoms. The number of aromatic hydroxyl groups is 1. The summed E-state index contributed by atoms with van der Waals surface area (Å²) in [6.07, 6.45) is 3.63. The molecule has 6 heteroatoms. The first-order valence-electron chi connectivity index (χ1n) is 9.54. The van der Waals surface area contributed by atoms with Gasteiger partial charge in [-0.25, -0.2) is 0 Å². The maximum absolute atomic E-state index is 12.3. The van der Waals surface area contributed by atoms with Gasteiger partial charge in [-0.1, -0.05) is 12.1 Å². The van der Waals surface area contributed by atoms with Crippen molar-refractivity contribution < 1.29 is 9.90 Å². The Morgan fingerprint density at radius 1 is 1.07 bits per heavy atom. The summed E-state index contributed by atoms with van der Waals surface area (Å²) in [6, 6.07) is 15.8. The van der Waals surface area contributed by atoms with E-state index in [0.717, 1.165) is 40.8 Å². The first-order chi connectivity index (χ1) is 14.2. The molecule has 1 amide bonds. The van der Waals surface area contributed by atoms with Crippen LogP contribution in [0.25, 0.3) is 22.2 Å². The van der Waals surface area contributed by atoms with E-state index in [-0.39, 0.29) is 11.7 Å². The van der Waals surface area contributed by atoms with Crippen LogP contribution >= 0.6 is 0 Å². The Kier molecular flexibility index (Phi) is 4.26. The fourth-order valence-corrected chi connectivity index (χ4v) is 3.85. The number of rotatable bonds is 5. The van der Waals surface area contributed by atoms with Gasteiger partial charge in [0.25, 0.3) is 5.91 Å². The third kappa shape index (κ3) is 3.23. The molecule has 144 valence electrons. The number of phenolic OH excluding ortho intramolecular Hbond substituents is 1. The van der Waals surface area contributed by atoms with E-state index >= 15 is 0 Å². The van der Waals surface area contributed by atoms with Crippen molar-refractivity contribution in [2.24, 2.45) is 0 Å². The van der Waals surface area contributed by atoms with E-state index in [1.165, 1.54) is 5.56 Å². The fraction of sp³-hybridized carbons (Fsp3) is 0.130. The minimum absolute atomic E-state index is 0.148. The van der Waals surface area contributed by atoms with Gasteiger partial charge in [-0.05, 0) is 47.5 Å². The third-order valence-corrected chi connectivity index (χ3v) is 5.30. The molecule has 29 heavy (non-hydrogen) atoms. The number of phenols is 1. The molecule has 2 aromatic heterocycles. The van der Waals surface area contributed by atoms with E-state index in [1.54, 1.807) is 18.3 Å². The summed E-state index contributed by atoms with van der Waals surface area (Å²) < 4.78 is 0. The van der Waals surface area contributed by atoms with E-state index in [1.807, 2.05) is 18.3 Å². The average Bonchev–Trinajstić information content (AvgIpc) is 3.33. The van der Waals surface area contributed by atoms with Gasteiger partial charge in [0.05, 0.1) is 5.56 Å². The van der Waals surface area contributed by atoms with Crippen LogP contribution in [0.15, 0.2) is 60.9 Å². The second-order valence-electron chi connectivity index (χ2n) is 7.24. The van der Waals surface area contributed by atoms with Gasteiger partial charge < -0.3 is 20.7 Å². The zero-order valence-corrected chi connectivity index (χ0v) is 15.7. The number of H-pyrrole nitrogens is 1. The molecule has 0 radical (unpaired) electrons. The van der Waals surface area contributed by atoms with Crippen molar-refractivity contribution in [1.29, 1.82) is 0 Å². The lowest BCUT2D eigenvalue weighted by atomic mass is 9.99. The van der Waals surface area contributed by atoms with Gasteiger partial charge >= 0.3 is 0 Å². The number of carbonyl (C=O) groups is 1. The second-order valence-corrected chi connectivity index (χ2v) is 7.24. The number of nitrogens with zero attached hydrogens (tertiary/aromatic N) is 1. The van der Waals surface area contributed by atoms with E-state index in [4.69, 9.17) is 0 Å². The number of pyridine rings is 1. The molecule has 3 heterocycles. The lowest BCUT2D eigenvalue weighted by molar-refractivity contribution is 0.0966. The molecule has 0 unspecified atom stereocenters. The van der Waals surface area contributed by atoms with Crippen LogP contribution in [0.5, 0.6) is 5.75 Å². The van der Waals surface area contributed by atoms with E-state index in [0.29, 0.717) is 17.7 Å². The lowest BCUT2D eigenvalue weighted by Crippen LogP contribution is -2.13. The van der Waals surface area contributed by atoms with Crippen LogP contribution in [0.3, 0.4) is 0 Å². The van der Waals surface area contributed by atoms with Crippen molar-refractivity contribution in [1.82, 2.24) is 20.6 Å². The summed E-state index contributed by atoms with van der Waals surface area (Å²) in [6.45, 7) is 1.88. The average molecular weight is 384 g/mol. The molecule has 1 aliphatic rings. The normalized spacial score (nSPS) is 12.9. The molecular weight excluding hydrogens is 364 g/mol. The highest BCUT2D eigenvalue weighted by Gasteiger charge is 2.26. The molecule has 5 rings (SSSR count). The molecule has 1 aliphatic heterocycles. The summed E-state index contributed by atoms with van der Waals surface area (Å²) in [5.41, 5.74) is 6.23. The molecule has 0 saturated heterocycles. The van der Waals surface area contributed by atoms with Crippen LogP contribution in [0, 0.1) is 0 Å². The Morgan fingerprint density at radius 2 is 1.97 bits per heavy atom. The van der Waals surface area contributed by atoms with Crippen LogP contribution < -0.4 is 10.6 Å². The van der Waals surface area contributed by atoms with Crippen LogP contribution in [0.4, 0.5) is 0 Å². The van der Waals surface area contributed by atoms with Crippen LogP contribution in [-0.4, -0.2) is 21.0 Å². The number of hydrogen-bond donors (Lipinski definition) is 4. The lowest BCUT2D eigenvalue weighted by Gasteiger charge is -2.06. The Labute approximate surface area is 167 Å². The smallest absolute Gasteiger partial charge is 0.252 e. The van der Waals surface area contributed by atoms with E-state index < -0.39 is 0 Å². The summed E-state index contributed by atoms with van der Waals surface area (Å²) >= 11 is 0. The topological polar surface area (TPSA) is 90.0 Å². The number of amides is 1. The van der Waals surface area contributed by atoms with Gasteiger partial charge in [-0.3, -0.25) is 9.78 Å². The zero-order valence-electron chi connectivity index (χ0n) is 15.7. The van der Waals surface area contributed by atoms with Crippen LogP contribution in [-0.2, 0) is 19.6 Å². The van der Waals surface area contributed by atoms with Gasteiger partial charge in [0.2, 0.25) is 0 Å². The number of benzene rings is 2. The third-order valence-electron chi connectivity index (χ3n) is 5.30. The SMILES string of the molecule is O=C1NCc2c(O)ccc(-c3cc4cc(CNCc5cccnc5)ccc4[nH]3)c21. The van der Waals surface area contributed by atoms with E-state index in [9.17, 15) is 9.90 Å². The monoisotopic (exact) mass is 384 g/mol. The maximum atomic E-state index is 12.3. The molecule has 0 aliphatic carbocycles. The molecule has 4 aromatic rings. The highest BCUT2D eigenvalue weighted by Crippen LogP contribution is 2.35. The number of fused-ring (bicyclic) bond motifs is 2. The molecule has 6 nitrogen and oxygen atoms in total. The Morgan fingerprint density at radius 3 is 2.83 bits per heavy atom. The first kappa shape index (κ1) is 17.5. The van der Waals surface area contributed by atoms with E-state index in [2.05, 4.69) is 44.9 Å². The number of hydrogen-bond acceptors (Lipinski definition) is 4. The Balaban J connectivity index is 1.41. The molecule has 0 atom stereocenters. The predicted octanol–water partition coefficient (Wildman–Crippen LogP) is 3.47. The fourth-order valence-electron chi connectivity index (χ4n) is 3.85. The second kappa shape index (κ2) is 7.07. The number of carbonyl (C=O) groups excluding carboxylic acids is 1. The van der Waals surface area contributed by atoms with Crippen molar-refractivity contribution in [3.63, 3.8) is 0 Å². The zero-order chi connectivity index (χ0) is 19.8. The Bertz CT molecular complexity index is 1210. The molecule has 0 spiro atoms. The van der Waals surface area contributed by atoms with Crippen LogP contribution in [0.1, 0.15) is 27.0 Å². The molecule has 0 fully saturated rings. The summed E-state index contributed by atoms with van der Waals surface area (Å²) in [4.78, 5) is 19.8. The predicted molar refractivity (Wildman–Crippen MR) is 111 cm³/mol. The summed E-state index contributed by atoms with van der Waals surface area (Å²) in [5.74, 6) is 0.00466. The van der Waals surface area contributed by atoms with Crippen LogP contribution in [0.2, 0.25) is 0 Å². The van der Waals surface area contributed by atoms with Crippen molar-refractivity contribution in [2.75, 3.05) is 0 Å². The van der Waals surface area contributed by atoms with Gasteiger partial charge in [-0.15, -0.1) is 0 Å². The Hall–Kier alpha value is -3.64. The molecule has 0 saturated carbocycles. The minimum Gasteiger partial charge on any atom is -0.508 e. The van der Waals surface area contributed by atoms with Gasteiger partial charge in [0.1, 0.15) is 5.75 Å². The molecular formula is C23H20N4O2. The maximum Gasteiger partial charge on any atom is 0.252 e.